The molecule has 1 unspecified atom stereocenters. The lowest BCUT2D eigenvalue weighted by atomic mass is 10.0. The second-order valence-electron chi connectivity index (χ2n) is 14.2. The fraction of sp³-hybridized carbons (Fsp3) is 0.526. The number of primary amides is 1. The molecule has 1 saturated heterocycles. The average Bonchev–Trinajstić information content (AvgIpc) is 3.71. The second-order valence-corrected chi connectivity index (χ2v) is 14.2. The molecule has 14 N–H and O–H groups in total. The van der Waals surface area contributed by atoms with Gasteiger partial charge in [0, 0.05) is 51.2 Å². The predicted molar refractivity (Wildman–Crippen MR) is 215 cm³/mol. The first-order chi connectivity index (χ1) is 28.2. The number of nitrogens with zero attached hydrogens (tertiary/aromatic N) is 2. The molecular formula is C38H57N13O8. The number of hydrogen-bond acceptors (Lipinski definition) is 10. The summed E-state index contributed by atoms with van der Waals surface area (Å²) in [6, 6.07) is 1.22. The van der Waals surface area contributed by atoms with Gasteiger partial charge in [-0.1, -0.05) is 50.1 Å². The van der Waals surface area contributed by atoms with E-state index in [0.29, 0.717) is 17.7 Å². The first-order valence-corrected chi connectivity index (χ1v) is 19.6. The van der Waals surface area contributed by atoms with E-state index in [1.54, 1.807) is 30.3 Å². The van der Waals surface area contributed by atoms with Crippen molar-refractivity contribution in [1.82, 2.24) is 47.2 Å². The van der Waals surface area contributed by atoms with E-state index in [1.165, 1.54) is 19.4 Å². The van der Waals surface area contributed by atoms with E-state index in [-0.39, 0.29) is 70.4 Å². The highest BCUT2D eigenvalue weighted by Crippen LogP contribution is 2.10. The minimum atomic E-state index is -1.37. The van der Waals surface area contributed by atoms with Crippen molar-refractivity contribution in [2.45, 2.75) is 114 Å². The normalized spacial score (nSPS) is 21.7. The van der Waals surface area contributed by atoms with Crippen molar-refractivity contribution in [2.75, 3.05) is 13.1 Å². The van der Waals surface area contributed by atoms with Crippen molar-refractivity contribution in [3.8, 4) is 0 Å². The Balaban J connectivity index is 2.05. The van der Waals surface area contributed by atoms with Crippen LogP contribution in [0.5, 0.6) is 0 Å². The van der Waals surface area contributed by atoms with Gasteiger partial charge in [-0.15, -0.1) is 0 Å². The molecule has 1 aromatic carbocycles. The Kier molecular flexibility index (Phi) is 19.3. The lowest BCUT2D eigenvalue weighted by Gasteiger charge is -2.27. The summed E-state index contributed by atoms with van der Waals surface area (Å²) in [6.45, 7) is 3.16. The molecule has 0 bridgehead atoms. The van der Waals surface area contributed by atoms with Crippen molar-refractivity contribution >= 4 is 53.2 Å². The number of unbranched alkanes of at least 4 members (excludes halogenated alkanes) is 1. The third kappa shape index (κ3) is 16.8. The number of benzene rings is 1. The number of carbonyl (C=O) groups excluding carboxylic acids is 8. The highest BCUT2D eigenvalue weighted by atomic mass is 16.2. The van der Waals surface area contributed by atoms with Crippen LogP contribution < -0.4 is 54.4 Å². The molecule has 59 heavy (non-hydrogen) atoms. The molecule has 6 atom stereocenters. The SMILES string of the molecule is CCCC[C@H](NC(C)=O)C(=O)N[C@H]1CCC(=O)NCC[C@@H](C(N)=O)NC(=O)[C@H](CCCN=C(N)N)NC(=O)C(Cc2ccccc2)NC(=O)[C@H](Cc2cnc[nH]2)NC1=O. The number of hydrogen-bond donors (Lipinski definition) is 11. The Hall–Kier alpha value is -6.54. The van der Waals surface area contributed by atoms with Gasteiger partial charge in [-0.2, -0.15) is 0 Å². The van der Waals surface area contributed by atoms with Gasteiger partial charge in [-0.05, 0) is 37.7 Å². The van der Waals surface area contributed by atoms with Gasteiger partial charge in [-0.3, -0.25) is 43.3 Å². The molecule has 21 nitrogen and oxygen atoms in total. The molecule has 21 heteroatoms. The molecule has 1 aliphatic heterocycles. The molecule has 0 radical (unpaired) electrons. The fourth-order valence-electron chi connectivity index (χ4n) is 6.22. The van der Waals surface area contributed by atoms with Crippen molar-refractivity contribution in [2.24, 2.45) is 22.2 Å². The van der Waals surface area contributed by atoms with E-state index in [0.717, 1.165) is 6.42 Å². The summed E-state index contributed by atoms with van der Waals surface area (Å²) in [6.07, 6.45) is 3.83. The molecule has 0 saturated carbocycles. The van der Waals surface area contributed by atoms with Gasteiger partial charge in [0.05, 0.1) is 6.33 Å². The molecule has 2 aromatic rings. The van der Waals surface area contributed by atoms with Gasteiger partial charge < -0.3 is 59.4 Å². The van der Waals surface area contributed by atoms with Crippen LogP contribution in [0.4, 0.5) is 0 Å². The van der Waals surface area contributed by atoms with Crippen molar-refractivity contribution in [3.63, 3.8) is 0 Å². The van der Waals surface area contributed by atoms with Gasteiger partial charge in [-0.25, -0.2) is 4.98 Å². The predicted octanol–water partition coefficient (Wildman–Crippen LogP) is -2.85. The summed E-state index contributed by atoms with van der Waals surface area (Å²) >= 11 is 0. The number of guanidine groups is 1. The molecule has 8 amide bonds. The van der Waals surface area contributed by atoms with E-state index in [9.17, 15) is 38.4 Å². The summed E-state index contributed by atoms with van der Waals surface area (Å²) in [5, 5.41) is 18.5. The number of amides is 8. The van der Waals surface area contributed by atoms with Crippen molar-refractivity contribution < 1.29 is 38.4 Å². The first kappa shape index (κ1) is 46.8. The molecule has 1 fully saturated rings. The number of aromatic amines is 1. The molecule has 1 aliphatic rings. The molecular weight excluding hydrogens is 767 g/mol. The lowest BCUT2D eigenvalue weighted by Crippen LogP contribution is -2.60. The molecule has 1 aromatic heterocycles. The Morgan fingerprint density at radius 1 is 0.864 bits per heavy atom. The monoisotopic (exact) mass is 823 g/mol. The van der Waals surface area contributed by atoms with E-state index < -0.39 is 83.5 Å². The number of H-pyrrole nitrogens is 1. The van der Waals surface area contributed by atoms with Crippen LogP contribution in [0.25, 0.3) is 0 Å². The number of carbonyl (C=O) groups is 8. The highest BCUT2D eigenvalue weighted by molar-refractivity contribution is 5.97. The van der Waals surface area contributed by atoms with Crippen LogP contribution in [0.15, 0.2) is 47.8 Å². The maximum atomic E-state index is 14.2. The summed E-state index contributed by atoms with van der Waals surface area (Å²) in [7, 11) is 0. The second kappa shape index (κ2) is 24.3. The van der Waals surface area contributed by atoms with E-state index >= 15 is 0 Å². The Morgan fingerprint density at radius 2 is 1.53 bits per heavy atom. The maximum Gasteiger partial charge on any atom is 0.243 e. The van der Waals surface area contributed by atoms with Crippen LogP contribution in [-0.4, -0.2) is 113 Å². The van der Waals surface area contributed by atoms with Crippen LogP contribution in [-0.2, 0) is 51.2 Å². The van der Waals surface area contributed by atoms with Crippen molar-refractivity contribution in [1.29, 1.82) is 0 Å². The summed E-state index contributed by atoms with van der Waals surface area (Å²) < 4.78 is 0. The minimum absolute atomic E-state index is 0.00935. The topological polar surface area (TPSA) is 340 Å². The highest BCUT2D eigenvalue weighted by Gasteiger charge is 2.34. The van der Waals surface area contributed by atoms with Gasteiger partial charge in [0.25, 0.3) is 0 Å². The van der Waals surface area contributed by atoms with Crippen LogP contribution in [0.2, 0.25) is 0 Å². The quantitative estimate of drug-likeness (QED) is 0.0494. The first-order valence-electron chi connectivity index (χ1n) is 19.6. The summed E-state index contributed by atoms with van der Waals surface area (Å²) in [5.41, 5.74) is 17.6. The van der Waals surface area contributed by atoms with Crippen LogP contribution in [0, 0.1) is 0 Å². The van der Waals surface area contributed by atoms with Gasteiger partial charge in [0.15, 0.2) is 5.96 Å². The number of aliphatic imine (C=N–C) groups is 1. The zero-order valence-corrected chi connectivity index (χ0v) is 33.4. The van der Waals surface area contributed by atoms with Gasteiger partial charge in [0.1, 0.15) is 36.3 Å². The lowest BCUT2D eigenvalue weighted by molar-refractivity contribution is -0.135. The van der Waals surface area contributed by atoms with Crippen LogP contribution >= 0.6 is 0 Å². The number of aromatic nitrogens is 2. The standard InChI is InChI=1S/C38H57N13O8/c1-3-4-11-26(46-22(2)52)33(55)49-28-13-14-31(53)43-17-15-25(32(39)54)47-34(56)27(12-8-16-44-38(40)41)48-36(58)29(18-23-9-6-5-7-10-23)50-37(59)30(51-35(28)57)19-24-20-42-21-45-24/h5-7,9-10,20-21,25-30H,3-4,8,11-19H2,1-2H3,(H2,39,54)(H,42,45)(H,43,53)(H,46,52)(H,47,56)(H,48,58)(H,49,55)(H,50,59)(H,51,57)(H4,40,41,44)/t25-,26-,27-,28-,29?,30-/m0/s1. The third-order valence-corrected chi connectivity index (χ3v) is 9.35. The molecule has 0 aliphatic carbocycles. The third-order valence-electron chi connectivity index (χ3n) is 9.35. The number of imidazole rings is 1. The summed E-state index contributed by atoms with van der Waals surface area (Å²) in [4.78, 5) is 118. The molecule has 3 rings (SSSR count). The number of rotatable bonds is 15. The van der Waals surface area contributed by atoms with E-state index in [4.69, 9.17) is 17.2 Å². The van der Waals surface area contributed by atoms with Crippen LogP contribution in [0.1, 0.15) is 76.5 Å². The summed E-state index contributed by atoms with van der Waals surface area (Å²) in [5.74, 6) is -5.92. The van der Waals surface area contributed by atoms with Gasteiger partial charge >= 0.3 is 0 Å². The Labute approximate surface area is 342 Å². The number of nitrogens with two attached hydrogens (primary N) is 3. The van der Waals surface area contributed by atoms with Gasteiger partial charge in [0.2, 0.25) is 47.3 Å². The van der Waals surface area contributed by atoms with Crippen LogP contribution in [0.3, 0.4) is 0 Å². The maximum absolute atomic E-state index is 14.2. The van der Waals surface area contributed by atoms with E-state index in [2.05, 4.69) is 52.2 Å². The molecule has 0 spiro atoms. The zero-order chi connectivity index (χ0) is 43.3. The van der Waals surface area contributed by atoms with Crippen molar-refractivity contribution in [3.05, 3.63) is 54.1 Å². The molecule has 322 valence electrons. The minimum Gasteiger partial charge on any atom is -0.370 e. The zero-order valence-electron chi connectivity index (χ0n) is 33.4. The largest absolute Gasteiger partial charge is 0.370 e. The number of nitrogens with one attached hydrogen (secondary N) is 8. The smallest absolute Gasteiger partial charge is 0.243 e. The average molecular weight is 824 g/mol. The Morgan fingerprint density at radius 3 is 2.15 bits per heavy atom. The fourth-order valence-corrected chi connectivity index (χ4v) is 6.22. The Bertz CT molecular complexity index is 1770. The molecule has 2 heterocycles. The van der Waals surface area contributed by atoms with E-state index in [1.807, 2.05) is 6.92 Å².